The van der Waals surface area contributed by atoms with E-state index in [-0.39, 0.29) is 5.91 Å². The standard InChI is InChI=1S/C14H16ClN3O/c1-3-18-13(12(15)9-17-18)14(19)16-8-11-6-4-10(2)5-7-11/h4-7,9H,3,8H2,1-2H3,(H,16,19). The quantitative estimate of drug-likeness (QED) is 0.934. The molecule has 0 unspecified atom stereocenters. The minimum absolute atomic E-state index is 0.204. The maximum atomic E-state index is 12.1. The Morgan fingerprint density at radius 1 is 1.37 bits per heavy atom. The van der Waals surface area contributed by atoms with Gasteiger partial charge in [-0.3, -0.25) is 9.48 Å². The van der Waals surface area contributed by atoms with Crippen molar-refractivity contribution in [3.8, 4) is 0 Å². The van der Waals surface area contributed by atoms with Crippen LogP contribution in [0.3, 0.4) is 0 Å². The number of amides is 1. The highest BCUT2D eigenvalue weighted by Gasteiger charge is 2.16. The first-order valence-corrected chi connectivity index (χ1v) is 6.54. The van der Waals surface area contributed by atoms with Gasteiger partial charge in [0.1, 0.15) is 5.69 Å². The third-order valence-electron chi connectivity index (χ3n) is 2.88. The number of aromatic nitrogens is 2. The average Bonchev–Trinajstić information content (AvgIpc) is 2.79. The van der Waals surface area contributed by atoms with E-state index in [1.807, 2.05) is 38.1 Å². The van der Waals surface area contributed by atoms with Crippen LogP contribution in [-0.4, -0.2) is 15.7 Å². The monoisotopic (exact) mass is 277 g/mol. The molecule has 5 heteroatoms. The van der Waals surface area contributed by atoms with Gasteiger partial charge in [-0.1, -0.05) is 41.4 Å². The van der Waals surface area contributed by atoms with E-state index in [0.29, 0.717) is 23.8 Å². The summed E-state index contributed by atoms with van der Waals surface area (Å²) in [5.74, 6) is -0.204. The number of benzene rings is 1. The molecule has 0 aliphatic rings. The first-order valence-electron chi connectivity index (χ1n) is 6.17. The third-order valence-corrected chi connectivity index (χ3v) is 3.16. The molecule has 0 spiro atoms. The zero-order valence-corrected chi connectivity index (χ0v) is 11.7. The van der Waals surface area contributed by atoms with Gasteiger partial charge >= 0.3 is 0 Å². The molecule has 0 aliphatic heterocycles. The van der Waals surface area contributed by atoms with Crippen LogP contribution in [0.25, 0.3) is 0 Å². The SMILES string of the molecule is CCn1ncc(Cl)c1C(=O)NCc1ccc(C)cc1. The van der Waals surface area contributed by atoms with E-state index in [0.717, 1.165) is 5.56 Å². The molecule has 19 heavy (non-hydrogen) atoms. The molecule has 2 rings (SSSR count). The minimum atomic E-state index is -0.204. The summed E-state index contributed by atoms with van der Waals surface area (Å²) in [6.45, 7) is 5.03. The summed E-state index contributed by atoms with van der Waals surface area (Å²) >= 11 is 5.98. The highest BCUT2D eigenvalue weighted by atomic mass is 35.5. The molecule has 0 saturated heterocycles. The Morgan fingerprint density at radius 3 is 2.68 bits per heavy atom. The number of nitrogens with one attached hydrogen (secondary N) is 1. The van der Waals surface area contributed by atoms with Crippen molar-refractivity contribution in [1.29, 1.82) is 0 Å². The van der Waals surface area contributed by atoms with E-state index in [2.05, 4.69) is 10.4 Å². The number of carbonyl (C=O) groups excluding carboxylic acids is 1. The molecule has 1 amide bonds. The number of aryl methyl sites for hydroxylation is 2. The van der Waals surface area contributed by atoms with Crippen LogP contribution in [0.1, 0.15) is 28.5 Å². The molecule has 0 fully saturated rings. The van der Waals surface area contributed by atoms with E-state index in [1.165, 1.54) is 11.8 Å². The largest absolute Gasteiger partial charge is 0.347 e. The molecule has 100 valence electrons. The number of halogens is 1. The van der Waals surface area contributed by atoms with Gasteiger partial charge in [0, 0.05) is 13.1 Å². The molecule has 0 bridgehead atoms. The number of nitrogens with zero attached hydrogens (tertiary/aromatic N) is 2. The second kappa shape index (κ2) is 5.89. The fourth-order valence-corrected chi connectivity index (χ4v) is 2.03. The van der Waals surface area contributed by atoms with Gasteiger partial charge in [-0.2, -0.15) is 5.10 Å². The molecular weight excluding hydrogens is 262 g/mol. The summed E-state index contributed by atoms with van der Waals surface area (Å²) in [6, 6.07) is 8.03. The van der Waals surface area contributed by atoms with Crippen LogP contribution >= 0.6 is 11.6 Å². The van der Waals surface area contributed by atoms with Crippen molar-refractivity contribution in [1.82, 2.24) is 15.1 Å². The topological polar surface area (TPSA) is 46.9 Å². The van der Waals surface area contributed by atoms with E-state index in [9.17, 15) is 4.79 Å². The number of rotatable bonds is 4. The summed E-state index contributed by atoms with van der Waals surface area (Å²) in [4.78, 5) is 12.1. The third kappa shape index (κ3) is 3.15. The zero-order chi connectivity index (χ0) is 13.8. The van der Waals surface area contributed by atoms with Crippen LogP contribution in [0.5, 0.6) is 0 Å². The summed E-state index contributed by atoms with van der Waals surface area (Å²) < 4.78 is 1.59. The number of carbonyl (C=O) groups is 1. The Balaban J connectivity index is 2.05. The van der Waals surface area contributed by atoms with E-state index >= 15 is 0 Å². The van der Waals surface area contributed by atoms with Gasteiger partial charge in [0.25, 0.3) is 5.91 Å². The number of hydrogen-bond acceptors (Lipinski definition) is 2. The summed E-state index contributed by atoms with van der Waals surface area (Å²) in [5, 5.41) is 7.28. The number of hydrogen-bond donors (Lipinski definition) is 1. The molecule has 1 N–H and O–H groups in total. The smallest absolute Gasteiger partial charge is 0.271 e. The van der Waals surface area contributed by atoms with Crippen molar-refractivity contribution in [3.05, 3.63) is 52.3 Å². The first kappa shape index (κ1) is 13.6. The van der Waals surface area contributed by atoms with Crippen LogP contribution in [-0.2, 0) is 13.1 Å². The van der Waals surface area contributed by atoms with Gasteiger partial charge in [0.05, 0.1) is 11.2 Å². The molecule has 1 aromatic carbocycles. The Morgan fingerprint density at radius 2 is 2.05 bits per heavy atom. The highest BCUT2D eigenvalue weighted by Crippen LogP contribution is 2.15. The highest BCUT2D eigenvalue weighted by molar-refractivity contribution is 6.33. The molecular formula is C14H16ClN3O. The fourth-order valence-electron chi connectivity index (χ4n) is 1.80. The Bertz CT molecular complexity index is 575. The van der Waals surface area contributed by atoms with Gasteiger partial charge in [-0.05, 0) is 19.4 Å². The van der Waals surface area contributed by atoms with Crippen LogP contribution in [0, 0.1) is 6.92 Å². The zero-order valence-electron chi connectivity index (χ0n) is 11.0. The maximum absolute atomic E-state index is 12.1. The lowest BCUT2D eigenvalue weighted by Crippen LogP contribution is -2.26. The van der Waals surface area contributed by atoms with Crippen molar-refractivity contribution in [2.24, 2.45) is 0 Å². The maximum Gasteiger partial charge on any atom is 0.271 e. The summed E-state index contributed by atoms with van der Waals surface area (Å²) in [6.07, 6.45) is 1.49. The van der Waals surface area contributed by atoms with Gasteiger partial charge in [0.15, 0.2) is 0 Å². The van der Waals surface area contributed by atoms with Crippen LogP contribution in [0.4, 0.5) is 0 Å². The summed E-state index contributed by atoms with van der Waals surface area (Å²) in [7, 11) is 0. The normalized spacial score (nSPS) is 10.5. The van der Waals surface area contributed by atoms with Crippen molar-refractivity contribution in [2.75, 3.05) is 0 Å². The Kier molecular flexibility index (Phi) is 4.22. The lowest BCUT2D eigenvalue weighted by Gasteiger charge is -2.07. The lowest BCUT2D eigenvalue weighted by atomic mass is 10.1. The molecule has 1 aromatic heterocycles. The van der Waals surface area contributed by atoms with Crippen LogP contribution in [0.15, 0.2) is 30.5 Å². The molecule has 0 atom stereocenters. The lowest BCUT2D eigenvalue weighted by molar-refractivity contribution is 0.0940. The molecule has 1 heterocycles. The predicted molar refractivity (Wildman–Crippen MR) is 75.3 cm³/mol. The van der Waals surface area contributed by atoms with Crippen molar-refractivity contribution in [3.63, 3.8) is 0 Å². The molecule has 2 aromatic rings. The van der Waals surface area contributed by atoms with Crippen LogP contribution < -0.4 is 5.32 Å². The van der Waals surface area contributed by atoms with Gasteiger partial charge in [-0.25, -0.2) is 0 Å². The summed E-state index contributed by atoms with van der Waals surface area (Å²) in [5.41, 5.74) is 2.66. The molecule has 4 nitrogen and oxygen atoms in total. The van der Waals surface area contributed by atoms with Crippen molar-refractivity contribution < 1.29 is 4.79 Å². The second-order valence-corrected chi connectivity index (χ2v) is 4.73. The molecule has 0 saturated carbocycles. The second-order valence-electron chi connectivity index (χ2n) is 4.33. The average molecular weight is 278 g/mol. The van der Waals surface area contributed by atoms with E-state index < -0.39 is 0 Å². The van der Waals surface area contributed by atoms with E-state index in [1.54, 1.807) is 4.68 Å². The fraction of sp³-hybridized carbons (Fsp3) is 0.286. The Hall–Kier alpha value is -1.81. The first-order chi connectivity index (χ1) is 9.11. The molecule has 0 radical (unpaired) electrons. The van der Waals surface area contributed by atoms with Gasteiger partial charge in [0.2, 0.25) is 0 Å². The van der Waals surface area contributed by atoms with Crippen LogP contribution in [0.2, 0.25) is 5.02 Å². The predicted octanol–water partition coefficient (Wildman–Crippen LogP) is 2.79. The minimum Gasteiger partial charge on any atom is -0.347 e. The van der Waals surface area contributed by atoms with Crippen molar-refractivity contribution in [2.45, 2.75) is 26.9 Å². The van der Waals surface area contributed by atoms with Gasteiger partial charge in [-0.15, -0.1) is 0 Å². The Labute approximate surface area is 117 Å². The van der Waals surface area contributed by atoms with Gasteiger partial charge < -0.3 is 5.32 Å². The van der Waals surface area contributed by atoms with E-state index in [4.69, 9.17) is 11.6 Å². The molecule has 0 aliphatic carbocycles. The van der Waals surface area contributed by atoms with Crippen molar-refractivity contribution >= 4 is 17.5 Å².